The van der Waals surface area contributed by atoms with Crippen LogP contribution in [0, 0.1) is 12.8 Å². The van der Waals surface area contributed by atoms with Crippen LogP contribution in [0.1, 0.15) is 36.0 Å². The van der Waals surface area contributed by atoms with Gasteiger partial charge in [0.25, 0.3) is 11.8 Å². The Bertz CT molecular complexity index is 785. The number of aryl methyl sites for hydroxylation is 1. The average Bonchev–Trinajstić information content (AvgIpc) is 3.15. The van der Waals surface area contributed by atoms with Gasteiger partial charge >= 0.3 is 5.97 Å². The minimum atomic E-state index is -0.987. The first-order chi connectivity index (χ1) is 12.8. The van der Waals surface area contributed by atoms with Gasteiger partial charge in [-0.15, -0.1) is 11.3 Å². The van der Waals surface area contributed by atoms with E-state index in [9.17, 15) is 14.4 Å². The van der Waals surface area contributed by atoms with Gasteiger partial charge in [-0.3, -0.25) is 9.59 Å². The van der Waals surface area contributed by atoms with Crippen LogP contribution in [-0.2, 0) is 14.3 Å². The third-order valence-corrected chi connectivity index (χ3v) is 4.80. The highest BCUT2D eigenvalue weighted by molar-refractivity contribution is 7.12. The highest BCUT2D eigenvalue weighted by Gasteiger charge is 2.29. The Kier molecular flexibility index (Phi) is 7.12. The molecule has 2 amide bonds. The Morgan fingerprint density at radius 2 is 1.70 bits per heavy atom. The molecule has 0 saturated heterocycles. The van der Waals surface area contributed by atoms with Crippen molar-refractivity contribution in [3.05, 3.63) is 52.2 Å². The summed E-state index contributed by atoms with van der Waals surface area (Å²) in [4.78, 5) is 37.5. The minimum absolute atomic E-state index is 0.186. The molecule has 0 spiro atoms. The lowest BCUT2D eigenvalue weighted by Crippen LogP contribution is -2.47. The third kappa shape index (κ3) is 5.92. The number of nitrogens with one attached hydrogen (secondary N) is 2. The molecule has 7 heteroatoms. The zero-order valence-corrected chi connectivity index (χ0v) is 16.6. The highest BCUT2D eigenvalue weighted by Crippen LogP contribution is 2.13. The normalized spacial score (nSPS) is 12.9. The maximum absolute atomic E-state index is 12.5. The van der Waals surface area contributed by atoms with Crippen molar-refractivity contribution in [2.75, 3.05) is 5.32 Å². The van der Waals surface area contributed by atoms with Gasteiger partial charge in [0, 0.05) is 5.69 Å². The van der Waals surface area contributed by atoms with Gasteiger partial charge in [-0.1, -0.05) is 37.6 Å². The summed E-state index contributed by atoms with van der Waals surface area (Å²) in [5.41, 5.74) is 1.70. The largest absolute Gasteiger partial charge is 0.451 e. The zero-order chi connectivity index (χ0) is 20.0. The molecule has 0 fully saturated rings. The maximum atomic E-state index is 12.5. The van der Waals surface area contributed by atoms with Crippen LogP contribution >= 0.6 is 11.3 Å². The molecule has 27 heavy (non-hydrogen) atoms. The Morgan fingerprint density at radius 3 is 2.26 bits per heavy atom. The average molecular weight is 388 g/mol. The Hall–Kier alpha value is -2.67. The van der Waals surface area contributed by atoms with Crippen molar-refractivity contribution in [1.82, 2.24) is 5.32 Å². The number of thiophene rings is 1. The lowest BCUT2D eigenvalue weighted by atomic mass is 10.0. The van der Waals surface area contributed by atoms with Crippen molar-refractivity contribution in [1.29, 1.82) is 0 Å². The van der Waals surface area contributed by atoms with Crippen LogP contribution in [0.5, 0.6) is 0 Å². The molecule has 0 radical (unpaired) electrons. The number of carbonyl (C=O) groups is 3. The number of amides is 2. The van der Waals surface area contributed by atoms with Gasteiger partial charge in [0.1, 0.15) is 6.04 Å². The number of hydrogen-bond acceptors (Lipinski definition) is 5. The molecule has 2 rings (SSSR count). The van der Waals surface area contributed by atoms with E-state index in [1.54, 1.807) is 43.5 Å². The molecule has 0 saturated carbocycles. The zero-order valence-electron chi connectivity index (χ0n) is 15.8. The number of hydrogen-bond donors (Lipinski definition) is 2. The second kappa shape index (κ2) is 9.32. The van der Waals surface area contributed by atoms with Crippen LogP contribution in [0.15, 0.2) is 41.8 Å². The predicted octanol–water partition coefficient (Wildman–Crippen LogP) is 3.38. The standard InChI is InChI=1S/C20H24N2O4S/c1-12(2)17(22-19(24)16-6-5-11-27-16)20(25)26-14(4)18(23)21-15-9-7-13(3)8-10-15/h5-12,14,17H,1-4H3,(H,21,23)(H,22,24)/t14-,17+/m0/s1. The molecular formula is C20H24N2O4S. The van der Waals surface area contributed by atoms with Crippen LogP contribution < -0.4 is 10.6 Å². The fourth-order valence-corrected chi connectivity index (χ4v) is 2.93. The van der Waals surface area contributed by atoms with E-state index < -0.39 is 24.0 Å². The van der Waals surface area contributed by atoms with Crippen LogP contribution in [0.4, 0.5) is 5.69 Å². The fourth-order valence-electron chi connectivity index (χ4n) is 2.30. The van der Waals surface area contributed by atoms with Crippen molar-refractivity contribution in [2.45, 2.75) is 39.8 Å². The number of rotatable bonds is 7. The van der Waals surface area contributed by atoms with Gasteiger partial charge in [-0.05, 0) is 43.3 Å². The predicted molar refractivity (Wildman–Crippen MR) is 106 cm³/mol. The number of ether oxygens (including phenoxy) is 1. The van der Waals surface area contributed by atoms with Gasteiger partial charge in [0.2, 0.25) is 0 Å². The SMILES string of the molecule is Cc1ccc(NC(=O)[C@H](C)OC(=O)[C@H](NC(=O)c2cccs2)C(C)C)cc1. The van der Waals surface area contributed by atoms with Gasteiger partial charge in [0.05, 0.1) is 4.88 Å². The molecule has 1 aromatic heterocycles. The quantitative estimate of drug-likeness (QED) is 0.712. The first-order valence-corrected chi connectivity index (χ1v) is 9.58. The molecule has 1 aromatic carbocycles. The van der Waals surface area contributed by atoms with E-state index >= 15 is 0 Å². The second-order valence-electron chi connectivity index (χ2n) is 6.61. The summed E-state index contributed by atoms with van der Waals surface area (Å²) in [5, 5.41) is 7.17. The van der Waals surface area contributed by atoms with Crippen LogP contribution in [0.3, 0.4) is 0 Å². The van der Waals surface area contributed by atoms with Crippen LogP contribution in [-0.4, -0.2) is 29.9 Å². The van der Waals surface area contributed by atoms with E-state index in [4.69, 9.17) is 4.74 Å². The van der Waals surface area contributed by atoms with Gasteiger partial charge in [-0.25, -0.2) is 4.79 Å². The summed E-state index contributed by atoms with van der Waals surface area (Å²) in [7, 11) is 0. The van der Waals surface area contributed by atoms with Crippen molar-refractivity contribution >= 4 is 34.8 Å². The van der Waals surface area contributed by atoms with E-state index in [1.807, 2.05) is 19.1 Å². The molecule has 2 N–H and O–H groups in total. The number of benzene rings is 1. The molecule has 6 nitrogen and oxygen atoms in total. The first kappa shape index (κ1) is 20.6. The topological polar surface area (TPSA) is 84.5 Å². The fraction of sp³-hybridized carbons (Fsp3) is 0.350. The van der Waals surface area contributed by atoms with Crippen LogP contribution in [0.2, 0.25) is 0 Å². The lowest BCUT2D eigenvalue weighted by molar-refractivity contribution is -0.156. The Labute approximate surface area is 162 Å². The summed E-state index contributed by atoms with van der Waals surface area (Å²) in [5.74, 6) is -1.59. The molecule has 0 unspecified atom stereocenters. The second-order valence-corrected chi connectivity index (χ2v) is 7.55. The summed E-state index contributed by atoms with van der Waals surface area (Å²) < 4.78 is 5.29. The first-order valence-electron chi connectivity index (χ1n) is 8.70. The molecule has 0 aliphatic rings. The van der Waals surface area contributed by atoms with Gasteiger partial charge < -0.3 is 15.4 Å². The number of carbonyl (C=O) groups excluding carboxylic acids is 3. The van der Waals surface area contributed by atoms with Crippen molar-refractivity contribution in [3.63, 3.8) is 0 Å². The summed E-state index contributed by atoms with van der Waals surface area (Å²) in [6.45, 7) is 7.06. The highest BCUT2D eigenvalue weighted by atomic mass is 32.1. The maximum Gasteiger partial charge on any atom is 0.329 e. The Balaban J connectivity index is 1.95. The lowest BCUT2D eigenvalue weighted by Gasteiger charge is -2.22. The van der Waals surface area contributed by atoms with Crippen LogP contribution in [0.25, 0.3) is 0 Å². The number of esters is 1. The summed E-state index contributed by atoms with van der Waals surface area (Å²) in [6.07, 6.45) is -0.987. The smallest absolute Gasteiger partial charge is 0.329 e. The summed E-state index contributed by atoms with van der Waals surface area (Å²) in [6, 6.07) is 9.91. The van der Waals surface area contributed by atoms with E-state index in [2.05, 4.69) is 10.6 Å². The molecule has 1 heterocycles. The molecule has 0 aliphatic carbocycles. The Morgan fingerprint density at radius 1 is 1.04 bits per heavy atom. The third-order valence-electron chi connectivity index (χ3n) is 3.93. The minimum Gasteiger partial charge on any atom is -0.451 e. The monoisotopic (exact) mass is 388 g/mol. The number of anilines is 1. The van der Waals surface area contributed by atoms with Gasteiger partial charge in [0.15, 0.2) is 6.10 Å². The molecule has 2 aromatic rings. The van der Waals surface area contributed by atoms with E-state index in [-0.39, 0.29) is 11.8 Å². The molecule has 2 atom stereocenters. The van der Waals surface area contributed by atoms with E-state index in [1.165, 1.54) is 18.3 Å². The van der Waals surface area contributed by atoms with E-state index in [0.29, 0.717) is 10.6 Å². The van der Waals surface area contributed by atoms with Crippen molar-refractivity contribution in [3.8, 4) is 0 Å². The van der Waals surface area contributed by atoms with E-state index in [0.717, 1.165) is 5.56 Å². The van der Waals surface area contributed by atoms with Gasteiger partial charge in [-0.2, -0.15) is 0 Å². The molecule has 0 bridgehead atoms. The molecule has 0 aliphatic heterocycles. The molecule has 144 valence electrons. The summed E-state index contributed by atoms with van der Waals surface area (Å²) >= 11 is 1.29. The van der Waals surface area contributed by atoms with Crippen molar-refractivity contribution < 1.29 is 19.1 Å². The van der Waals surface area contributed by atoms with Crippen molar-refractivity contribution in [2.24, 2.45) is 5.92 Å². The molecular weight excluding hydrogens is 364 g/mol.